The van der Waals surface area contributed by atoms with Crippen LogP contribution >= 0.6 is 0 Å². The molecule has 0 aliphatic rings. The third-order valence-electron chi connectivity index (χ3n) is 2.24. The van der Waals surface area contributed by atoms with Gasteiger partial charge in [-0.1, -0.05) is 13.3 Å². The molecule has 0 heterocycles. The van der Waals surface area contributed by atoms with Crippen molar-refractivity contribution in [1.82, 2.24) is 0 Å². The first-order chi connectivity index (χ1) is 7.12. The summed E-state index contributed by atoms with van der Waals surface area (Å²) in [5.41, 5.74) is 4.57. The molecule has 0 aromatic carbocycles. The van der Waals surface area contributed by atoms with Crippen LogP contribution < -0.4 is 5.73 Å². The zero-order valence-corrected chi connectivity index (χ0v) is 10.00. The summed E-state index contributed by atoms with van der Waals surface area (Å²) < 4.78 is 10.6. The van der Waals surface area contributed by atoms with Crippen molar-refractivity contribution < 1.29 is 14.6 Å². The molecule has 4 nitrogen and oxygen atoms in total. The van der Waals surface area contributed by atoms with E-state index in [1.807, 2.05) is 0 Å². The Bertz CT molecular complexity index is 140. The lowest BCUT2D eigenvalue weighted by Gasteiger charge is -2.20. The summed E-state index contributed by atoms with van der Waals surface area (Å²) in [6, 6.07) is 0. The van der Waals surface area contributed by atoms with Gasteiger partial charge in [-0.25, -0.2) is 0 Å². The molecule has 0 fully saturated rings. The van der Waals surface area contributed by atoms with Crippen LogP contribution in [0.15, 0.2) is 0 Å². The fraction of sp³-hybridized carbons (Fsp3) is 1.00. The largest absolute Gasteiger partial charge is 0.389 e. The number of nitrogens with two attached hydrogens (primary N) is 1. The molecule has 15 heavy (non-hydrogen) atoms. The van der Waals surface area contributed by atoms with Gasteiger partial charge in [0.15, 0.2) is 0 Å². The highest BCUT2D eigenvalue weighted by Crippen LogP contribution is 2.06. The van der Waals surface area contributed by atoms with Gasteiger partial charge in [0.25, 0.3) is 0 Å². The van der Waals surface area contributed by atoms with Crippen LogP contribution in [0.2, 0.25) is 0 Å². The molecule has 0 radical (unpaired) electrons. The molecule has 0 saturated heterocycles. The van der Waals surface area contributed by atoms with Gasteiger partial charge in [0.2, 0.25) is 0 Å². The molecular formula is C11H25NO3. The average molecular weight is 219 g/mol. The van der Waals surface area contributed by atoms with Gasteiger partial charge in [-0.15, -0.1) is 0 Å². The van der Waals surface area contributed by atoms with Crippen molar-refractivity contribution >= 4 is 0 Å². The van der Waals surface area contributed by atoms with Gasteiger partial charge >= 0.3 is 0 Å². The Morgan fingerprint density at radius 1 is 1.13 bits per heavy atom. The molecule has 1 unspecified atom stereocenters. The lowest BCUT2D eigenvalue weighted by Crippen LogP contribution is -2.35. The summed E-state index contributed by atoms with van der Waals surface area (Å²) in [4.78, 5) is 0. The van der Waals surface area contributed by atoms with Crippen molar-refractivity contribution in [2.45, 2.75) is 38.7 Å². The number of hydrogen-bond acceptors (Lipinski definition) is 4. The van der Waals surface area contributed by atoms with Crippen molar-refractivity contribution in [2.75, 3.05) is 33.0 Å². The molecule has 4 heteroatoms. The monoisotopic (exact) mass is 219 g/mol. The minimum absolute atomic E-state index is 0.267. The lowest BCUT2D eigenvalue weighted by molar-refractivity contribution is 0.00240. The van der Waals surface area contributed by atoms with E-state index >= 15 is 0 Å². The Kier molecular flexibility index (Phi) is 9.00. The van der Waals surface area contributed by atoms with E-state index in [4.69, 9.17) is 15.2 Å². The molecule has 1 atom stereocenters. The topological polar surface area (TPSA) is 64.7 Å². The fourth-order valence-electron chi connectivity index (χ4n) is 0.962. The molecule has 92 valence electrons. The highest BCUT2D eigenvalue weighted by Gasteiger charge is 2.16. The number of unbranched alkanes of at least 4 members (excludes halogenated alkanes) is 1. The lowest BCUT2D eigenvalue weighted by atomic mass is 10.0. The maximum atomic E-state index is 9.56. The Hall–Kier alpha value is -0.160. The van der Waals surface area contributed by atoms with Crippen LogP contribution in [0.3, 0.4) is 0 Å². The summed E-state index contributed by atoms with van der Waals surface area (Å²) in [6.45, 7) is 6.67. The van der Waals surface area contributed by atoms with Crippen molar-refractivity contribution in [1.29, 1.82) is 0 Å². The Morgan fingerprint density at radius 3 is 2.27 bits per heavy atom. The second-order valence-corrected chi connectivity index (χ2v) is 4.03. The molecule has 0 aliphatic carbocycles. The number of aliphatic hydroxyl groups is 1. The van der Waals surface area contributed by atoms with E-state index in [-0.39, 0.29) is 6.54 Å². The van der Waals surface area contributed by atoms with Crippen molar-refractivity contribution in [2.24, 2.45) is 5.73 Å². The molecule has 0 amide bonds. The molecule has 0 aromatic rings. The second kappa shape index (κ2) is 9.09. The van der Waals surface area contributed by atoms with E-state index in [0.717, 1.165) is 19.4 Å². The first-order valence-corrected chi connectivity index (χ1v) is 5.70. The van der Waals surface area contributed by atoms with E-state index in [2.05, 4.69) is 6.92 Å². The van der Waals surface area contributed by atoms with Gasteiger partial charge in [-0.2, -0.15) is 0 Å². The molecule has 0 saturated carbocycles. The van der Waals surface area contributed by atoms with E-state index < -0.39 is 5.60 Å². The maximum absolute atomic E-state index is 9.56. The number of hydrogen-bond donors (Lipinski definition) is 2. The first-order valence-electron chi connectivity index (χ1n) is 5.70. The van der Waals surface area contributed by atoms with Gasteiger partial charge in [0.1, 0.15) is 0 Å². The smallest absolute Gasteiger partial charge is 0.0763 e. The Labute approximate surface area is 92.7 Å². The van der Waals surface area contributed by atoms with Crippen LogP contribution in [-0.4, -0.2) is 43.7 Å². The van der Waals surface area contributed by atoms with Crippen LogP contribution in [0.4, 0.5) is 0 Å². The van der Waals surface area contributed by atoms with Gasteiger partial charge < -0.3 is 20.3 Å². The van der Waals surface area contributed by atoms with E-state index in [1.54, 1.807) is 6.92 Å². The van der Waals surface area contributed by atoms with Gasteiger partial charge in [0.05, 0.1) is 18.8 Å². The Morgan fingerprint density at radius 2 is 1.73 bits per heavy atom. The van der Waals surface area contributed by atoms with Crippen LogP contribution in [0, 0.1) is 0 Å². The predicted molar refractivity (Wildman–Crippen MR) is 60.8 cm³/mol. The number of ether oxygens (including phenoxy) is 2. The van der Waals surface area contributed by atoms with E-state index in [9.17, 15) is 5.11 Å². The van der Waals surface area contributed by atoms with Crippen LogP contribution in [0.1, 0.15) is 33.1 Å². The zero-order valence-electron chi connectivity index (χ0n) is 10.00. The van der Waals surface area contributed by atoms with E-state index in [1.165, 1.54) is 0 Å². The third-order valence-corrected chi connectivity index (χ3v) is 2.24. The minimum Gasteiger partial charge on any atom is -0.389 e. The van der Waals surface area contributed by atoms with Crippen molar-refractivity contribution in [3.05, 3.63) is 0 Å². The number of rotatable bonds is 10. The van der Waals surface area contributed by atoms with Gasteiger partial charge in [-0.3, -0.25) is 0 Å². The van der Waals surface area contributed by atoms with Crippen molar-refractivity contribution in [3.63, 3.8) is 0 Å². The molecule has 0 aromatic heterocycles. The highest BCUT2D eigenvalue weighted by atomic mass is 16.5. The second-order valence-electron chi connectivity index (χ2n) is 4.03. The SMILES string of the molecule is CCCCOCCOCCC(C)(O)CN. The standard InChI is InChI=1S/C11H25NO3/c1-3-4-6-14-8-9-15-7-5-11(2,13)10-12/h13H,3-10,12H2,1-2H3. The average Bonchev–Trinajstić information content (AvgIpc) is 2.22. The highest BCUT2D eigenvalue weighted by molar-refractivity contribution is 4.72. The molecule has 0 bridgehead atoms. The normalized spacial score (nSPS) is 15.2. The van der Waals surface area contributed by atoms with Gasteiger partial charge in [0, 0.05) is 26.2 Å². The summed E-state index contributed by atoms with van der Waals surface area (Å²) in [6.07, 6.45) is 2.82. The van der Waals surface area contributed by atoms with Crippen LogP contribution in [0.25, 0.3) is 0 Å². The van der Waals surface area contributed by atoms with Crippen LogP contribution in [-0.2, 0) is 9.47 Å². The summed E-state index contributed by atoms with van der Waals surface area (Å²) in [5.74, 6) is 0. The third kappa shape index (κ3) is 10.1. The summed E-state index contributed by atoms with van der Waals surface area (Å²) in [7, 11) is 0. The summed E-state index contributed by atoms with van der Waals surface area (Å²) >= 11 is 0. The Balaban J connectivity index is 3.11. The predicted octanol–water partition coefficient (Wildman–Crippen LogP) is 0.920. The molecular weight excluding hydrogens is 194 g/mol. The van der Waals surface area contributed by atoms with Crippen LogP contribution in [0.5, 0.6) is 0 Å². The molecule has 3 N–H and O–H groups in total. The minimum atomic E-state index is -0.803. The maximum Gasteiger partial charge on any atom is 0.0763 e. The summed E-state index contributed by atoms with van der Waals surface area (Å²) in [5, 5.41) is 9.56. The molecule has 0 rings (SSSR count). The molecule has 0 aliphatic heterocycles. The quantitative estimate of drug-likeness (QED) is 0.536. The molecule has 0 spiro atoms. The van der Waals surface area contributed by atoms with E-state index in [0.29, 0.717) is 26.2 Å². The van der Waals surface area contributed by atoms with Crippen molar-refractivity contribution in [3.8, 4) is 0 Å². The zero-order chi connectivity index (χ0) is 11.6. The van der Waals surface area contributed by atoms with Gasteiger partial charge in [-0.05, 0) is 13.3 Å². The first kappa shape index (κ1) is 14.8. The fourth-order valence-corrected chi connectivity index (χ4v) is 0.962.